The van der Waals surface area contributed by atoms with Crippen LogP contribution in [0.2, 0.25) is 0 Å². The minimum atomic E-state index is -1.19. The first kappa shape index (κ1) is 9.89. The van der Waals surface area contributed by atoms with Gasteiger partial charge in [-0.25, -0.2) is 4.21 Å². The molecule has 0 aliphatic heterocycles. The predicted octanol–water partition coefficient (Wildman–Crippen LogP) is 1.61. The summed E-state index contributed by atoms with van der Waals surface area (Å²) in [5.41, 5.74) is 1.16. The molecule has 2 N–H and O–H groups in total. The molecule has 0 bridgehead atoms. The molecule has 0 radical (unpaired) electrons. The lowest BCUT2D eigenvalue weighted by Crippen LogP contribution is -2.09. The molecule has 0 saturated heterocycles. The minimum absolute atomic E-state index is 0.524. The first-order valence-electron chi connectivity index (χ1n) is 3.55. The molecule has 0 saturated carbocycles. The molecule has 4 heteroatoms. The highest BCUT2D eigenvalue weighted by molar-refractivity contribution is 9.10. The molecule has 1 aromatic carbocycles. The van der Waals surface area contributed by atoms with Crippen molar-refractivity contribution in [1.29, 1.82) is 0 Å². The van der Waals surface area contributed by atoms with Crippen molar-refractivity contribution in [1.82, 2.24) is 0 Å². The molecule has 0 fully saturated rings. The van der Waals surface area contributed by atoms with E-state index in [0.717, 1.165) is 16.5 Å². The smallest absolute Gasteiger partial charge is 0.0891 e. The van der Waals surface area contributed by atoms with Crippen LogP contribution < -0.4 is 5.14 Å². The zero-order valence-electron chi connectivity index (χ0n) is 6.50. The van der Waals surface area contributed by atoms with Gasteiger partial charge in [0.05, 0.1) is 11.0 Å². The molecule has 1 rings (SSSR count). The average molecular weight is 248 g/mol. The number of hydrogen-bond acceptors (Lipinski definition) is 1. The molecule has 12 heavy (non-hydrogen) atoms. The Morgan fingerprint density at radius 3 is 2.83 bits per heavy atom. The van der Waals surface area contributed by atoms with Crippen LogP contribution in [0.25, 0.3) is 0 Å². The van der Waals surface area contributed by atoms with Gasteiger partial charge in [-0.2, -0.15) is 0 Å². The first-order chi connectivity index (χ1) is 5.68. The molecule has 66 valence electrons. The van der Waals surface area contributed by atoms with E-state index in [0.29, 0.717) is 5.75 Å². The average Bonchev–Trinajstić information content (AvgIpc) is 2.01. The van der Waals surface area contributed by atoms with Crippen LogP contribution in [0.1, 0.15) is 5.56 Å². The molecule has 0 unspecified atom stereocenters. The van der Waals surface area contributed by atoms with Crippen molar-refractivity contribution < 1.29 is 4.21 Å². The fourth-order valence-corrected chi connectivity index (χ4v) is 1.79. The Kier molecular flexibility index (Phi) is 3.91. The fraction of sp³-hybridized carbons (Fsp3) is 0.250. The molecule has 0 aromatic heterocycles. The summed E-state index contributed by atoms with van der Waals surface area (Å²) < 4.78 is 11.6. The van der Waals surface area contributed by atoms with Gasteiger partial charge in [-0.3, -0.25) is 5.14 Å². The van der Waals surface area contributed by atoms with Gasteiger partial charge in [0, 0.05) is 10.2 Å². The monoisotopic (exact) mass is 247 g/mol. The quantitative estimate of drug-likeness (QED) is 0.867. The highest BCUT2D eigenvalue weighted by Gasteiger charge is 1.95. The van der Waals surface area contributed by atoms with Crippen molar-refractivity contribution in [2.45, 2.75) is 6.42 Å². The zero-order chi connectivity index (χ0) is 8.97. The maximum atomic E-state index is 10.6. The van der Waals surface area contributed by atoms with E-state index in [4.69, 9.17) is 5.14 Å². The predicted molar refractivity (Wildman–Crippen MR) is 55.0 cm³/mol. The minimum Gasteiger partial charge on any atom is -0.252 e. The van der Waals surface area contributed by atoms with E-state index >= 15 is 0 Å². The standard InChI is InChI=1S/C8H10BrNOS/c9-8-3-1-2-7(6-8)4-5-12(10)11/h1-3,6H,4-5,10H2/t12-/m1/s1. The van der Waals surface area contributed by atoms with Crippen molar-refractivity contribution in [3.05, 3.63) is 34.3 Å². The van der Waals surface area contributed by atoms with Gasteiger partial charge >= 0.3 is 0 Å². The summed E-state index contributed by atoms with van der Waals surface area (Å²) in [4.78, 5) is 0. The first-order valence-corrected chi connectivity index (χ1v) is 5.73. The summed E-state index contributed by atoms with van der Waals surface area (Å²) in [6, 6.07) is 7.92. The zero-order valence-corrected chi connectivity index (χ0v) is 8.90. The largest absolute Gasteiger partial charge is 0.252 e. The van der Waals surface area contributed by atoms with Crippen LogP contribution in [0, 0.1) is 0 Å². The third kappa shape index (κ3) is 3.47. The SMILES string of the molecule is N[S@](=O)CCc1cccc(Br)c1. The Hall–Kier alpha value is -0.190. The Morgan fingerprint density at radius 2 is 2.25 bits per heavy atom. The van der Waals surface area contributed by atoms with Crippen LogP contribution in [0.15, 0.2) is 28.7 Å². The number of rotatable bonds is 3. The summed E-state index contributed by atoms with van der Waals surface area (Å²) in [6.07, 6.45) is 0.766. The summed E-state index contributed by atoms with van der Waals surface area (Å²) in [5.74, 6) is 0.524. The number of halogens is 1. The molecule has 0 heterocycles. The molecular weight excluding hydrogens is 238 g/mol. The molecule has 0 spiro atoms. The number of hydrogen-bond donors (Lipinski definition) is 1. The van der Waals surface area contributed by atoms with Gasteiger partial charge in [-0.15, -0.1) is 0 Å². The molecule has 0 amide bonds. The number of nitrogens with two attached hydrogens (primary N) is 1. The Morgan fingerprint density at radius 1 is 1.50 bits per heavy atom. The van der Waals surface area contributed by atoms with Crippen LogP contribution in [0.4, 0.5) is 0 Å². The summed E-state index contributed by atoms with van der Waals surface area (Å²) in [5, 5.41) is 5.14. The van der Waals surface area contributed by atoms with E-state index in [2.05, 4.69) is 15.9 Å². The number of aryl methyl sites for hydroxylation is 1. The lowest BCUT2D eigenvalue weighted by molar-refractivity contribution is 0.683. The molecule has 2 nitrogen and oxygen atoms in total. The van der Waals surface area contributed by atoms with Crippen LogP contribution in [0.3, 0.4) is 0 Å². The normalized spacial score (nSPS) is 12.8. The van der Waals surface area contributed by atoms with Gasteiger partial charge in [0.1, 0.15) is 0 Å². The van der Waals surface area contributed by atoms with Gasteiger partial charge in [-0.1, -0.05) is 28.1 Å². The topological polar surface area (TPSA) is 43.1 Å². The van der Waals surface area contributed by atoms with E-state index < -0.39 is 11.0 Å². The van der Waals surface area contributed by atoms with Crippen LogP contribution in [-0.2, 0) is 17.4 Å². The van der Waals surface area contributed by atoms with Crippen molar-refractivity contribution in [2.75, 3.05) is 5.75 Å². The molecular formula is C8H10BrNOS. The van der Waals surface area contributed by atoms with E-state index in [1.807, 2.05) is 24.3 Å². The van der Waals surface area contributed by atoms with Crippen molar-refractivity contribution in [2.24, 2.45) is 5.14 Å². The van der Waals surface area contributed by atoms with Gasteiger partial charge in [0.25, 0.3) is 0 Å². The Labute approximate surface area is 82.9 Å². The van der Waals surface area contributed by atoms with Crippen LogP contribution in [-0.4, -0.2) is 9.96 Å². The van der Waals surface area contributed by atoms with Gasteiger partial charge in [-0.05, 0) is 24.1 Å². The molecule has 0 aliphatic carbocycles. The van der Waals surface area contributed by atoms with Crippen LogP contribution >= 0.6 is 15.9 Å². The molecule has 1 aromatic rings. The lowest BCUT2D eigenvalue weighted by Gasteiger charge is -1.98. The maximum Gasteiger partial charge on any atom is 0.0891 e. The van der Waals surface area contributed by atoms with Crippen molar-refractivity contribution in [3.8, 4) is 0 Å². The van der Waals surface area contributed by atoms with Crippen LogP contribution in [0.5, 0.6) is 0 Å². The van der Waals surface area contributed by atoms with Gasteiger partial charge in [0.2, 0.25) is 0 Å². The second-order valence-corrected chi connectivity index (χ2v) is 4.55. The third-order valence-electron chi connectivity index (χ3n) is 1.48. The van der Waals surface area contributed by atoms with Gasteiger partial charge < -0.3 is 0 Å². The highest BCUT2D eigenvalue weighted by Crippen LogP contribution is 2.11. The van der Waals surface area contributed by atoms with E-state index in [1.165, 1.54) is 0 Å². The Bertz CT molecular complexity index is 290. The second kappa shape index (κ2) is 4.74. The summed E-state index contributed by atoms with van der Waals surface area (Å²) >= 11 is 3.36. The number of benzene rings is 1. The van der Waals surface area contributed by atoms with E-state index in [-0.39, 0.29) is 0 Å². The van der Waals surface area contributed by atoms with E-state index in [1.54, 1.807) is 0 Å². The van der Waals surface area contributed by atoms with Gasteiger partial charge in [0.15, 0.2) is 0 Å². The molecule has 1 atom stereocenters. The maximum absolute atomic E-state index is 10.6. The second-order valence-electron chi connectivity index (χ2n) is 2.46. The van der Waals surface area contributed by atoms with Crippen molar-refractivity contribution in [3.63, 3.8) is 0 Å². The summed E-state index contributed by atoms with van der Waals surface area (Å²) in [6.45, 7) is 0. The van der Waals surface area contributed by atoms with Crippen molar-refractivity contribution >= 4 is 26.9 Å². The van der Waals surface area contributed by atoms with E-state index in [9.17, 15) is 4.21 Å². The Balaban J connectivity index is 2.57. The molecule has 0 aliphatic rings. The summed E-state index contributed by atoms with van der Waals surface area (Å²) in [7, 11) is -1.19. The third-order valence-corrected chi connectivity index (χ3v) is 2.58. The fourth-order valence-electron chi connectivity index (χ4n) is 0.911. The highest BCUT2D eigenvalue weighted by atomic mass is 79.9. The lowest BCUT2D eigenvalue weighted by atomic mass is 10.2.